The van der Waals surface area contributed by atoms with Gasteiger partial charge in [0.2, 0.25) is 17.7 Å². The van der Waals surface area contributed by atoms with Gasteiger partial charge in [0.15, 0.2) is 11.5 Å². The maximum Gasteiger partial charge on any atom is 0.325 e. The zero-order chi connectivity index (χ0) is 20.4. The molecular weight excluding hydrogens is 378 g/mol. The van der Waals surface area contributed by atoms with E-state index < -0.39 is 23.9 Å². The standard InChI is InChI=1S/C20H23N3O6/c24-16(12-23-17(25)11-20(18(23)26)6-2-1-3-7-20)22-19(27)21-13-4-5-14-15(10-13)29-9-8-28-14/h4-5,10H,1-3,6-9,11-12H2,(H2,21,22,24,27). The molecule has 1 saturated carbocycles. The van der Waals surface area contributed by atoms with Gasteiger partial charge in [-0.15, -0.1) is 0 Å². The van der Waals surface area contributed by atoms with Crippen molar-refractivity contribution in [3.05, 3.63) is 18.2 Å². The number of hydrogen-bond acceptors (Lipinski definition) is 6. The Balaban J connectivity index is 1.33. The molecule has 9 heteroatoms. The Bertz CT molecular complexity index is 862. The summed E-state index contributed by atoms with van der Waals surface area (Å²) in [6.07, 6.45) is 4.40. The van der Waals surface area contributed by atoms with Crippen LogP contribution in [-0.2, 0) is 14.4 Å². The van der Waals surface area contributed by atoms with Gasteiger partial charge < -0.3 is 14.8 Å². The van der Waals surface area contributed by atoms with Crippen molar-refractivity contribution in [2.75, 3.05) is 25.1 Å². The molecule has 2 heterocycles. The largest absolute Gasteiger partial charge is 0.486 e. The van der Waals surface area contributed by atoms with E-state index >= 15 is 0 Å². The van der Waals surface area contributed by atoms with E-state index in [1.807, 2.05) is 0 Å². The van der Waals surface area contributed by atoms with Gasteiger partial charge in [0, 0.05) is 18.2 Å². The highest BCUT2D eigenvalue weighted by atomic mass is 16.6. The molecule has 2 aliphatic heterocycles. The fraction of sp³-hybridized carbons (Fsp3) is 0.500. The van der Waals surface area contributed by atoms with Crippen molar-refractivity contribution >= 4 is 29.4 Å². The van der Waals surface area contributed by atoms with Gasteiger partial charge in [0.1, 0.15) is 19.8 Å². The summed E-state index contributed by atoms with van der Waals surface area (Å²) in [5, 5.41) is 4.69. The van der Waals surface area contributed by atoms with Gasteiger partial charge in [-0.2, -0.15) is 0 Å². The Hall–Kier alpha value is -3.10. The number of fused-ring (bicyclic) bond motifs is 1. The lowest BCUT2D eigenvalue weighted by Crippen LogP contribution is -2.45. The van der Waals surface area contributed by atoms with Crippen LogP contribution in [0.4, 0.5) is 10.5 Å². The second-order valence-electron chi connectivity index (χ2n) is 7.66. The second kappa shape index (κ2) is 7.73. The number of rotatable bonds is 3. The molecule has 29 heavy (non-hydrogen) atoms. The number of ether oxygens (including phenoxy) is 2. The number of carbonyl (C=O) groups is 4. The predicted molar refractivity (Wildman–Crippen MR) is 101 cm³/mol. The van der Waals surface area contributed by atoms with E-state index in [0.29, 0.717) is 43.2 Å². The van der Waals surface area contributed by atoms with Crippen LogP contribution in [0.2, 0.25) is 0 Å². The first-order chi connectivity index (χ1) is 14.0. The van der Waals surface area contributed by atoms with Crippen molar-refractivity contribution in [2.24, 2.45) is 5.41 Å². The van der Waals surface area contributed by atoms with Crippen LogP contribution in [0.1, 0.15) is 38.5 Å². The molecular formula is C20H23N3O6. The van der Waals surface area contributed by atoms with Crippen molar-refractivity contribution in [3.8, 4) is 11.5 Å². The Kier molecular flexibility index (Phi) is 5.12. The average molecular weight is 401 g/mol. The first kappa shape index (κ1) is 19.2. The first-order valence-corrected chi connectivity index (χ1v) is 9.82. The maximum atomic E-state index is 12.7. The van der Waals surface area contributed by atoms with Crippen LogP contribution in [0.25, 0.3) is 0 Å². The minimum atomic E-state index is -0.752. The minimum absolute atomic E-state index is 0.155. The Morgan fingerprint density at radius 1 is 1.03 bits per heavy atom. The summed E-state index contributed by atoms with van der Waals surface area (Å²) < 4.78 is 10.9. The molecule has 1 aromatic rings. The van der Waals surface area contributed by atoms with E-state index in [1.54, 1.807) is 18.2 Å². The number of urea groups is 1. The third-order valence-corrected chi connectivity index (χ3v) is 5.65. The van der Waals surface area contributed by atoms with Gasteiger partial charge in [-0.1, -0.05) is 19.3 Å². The van der Waals surface area contributed by atoms with Gasteiger partial charge in [-0.3, -0.25) is 24.6 Å². The number of amides is 5. The molecule has 0 atom stereocenters. The lowest BCUT2D eigenvalue weighted by molar-refractivity contribution is -0.145. The lowest BCUT2D eigenvalue weighted by atomic mass is 9.73. The third-order valence-electron chi connectivity index (χ3n) is 5.65. The number of hydrogen-bond donors (Lipinski definition) is 2. The fourth-order valence-corrected chi connectivity index (χ4v) is 4.23. The molecule has 0 bridgehead atoms. The molecule has 0 aromatic heterocycles. The summed E-state index contributed by atoms with van der Waals surface area (Å²) in [7, 11) is 0. The Morgan fingerprint density at radius 3 is 2.52 bits per heavy atom. The zero-order valence-electron chi connectivity index (χ0n) is 16.0. The van der Waals surface area contributed by atoms with Crippen molar-refractivity contribution < 1.29 is 28.7 Å². The minimum Gasteiger partial charge on any atom is -0.486 e. The summed E-state index contributed by atoms with van der Waals surface area (Å²) in [6, 6.07) is 4.13. The van der Waals surface area contributed by atoms with Gasteiger partial charge >= 0.3 is 6.03 Å². The van der Waals surface area contributed by atoms with E-state index in [2.05, 4.69) is 10.6 Å². The number of imide groups is 2. The van der Waals surface area contributed by atoms with Crippen LogP contribution < -0.4 is 20.1 Å². The van der Waals surface area contributed by atoms with Crippen molar-refractivity contribution in [1.29, 1.82) is 0 Å². The van der Waals surface area contributed by atoms with E-state index in [1.165, 1.54) is 0 Å². The van der Waals surface area contributed by atoms with Gasteiger partial charge in [-0.05, 0) is 25.0 Å². The van der Waals surface area contributed by atoms with E-state index in [4.69, 9.17) is 9.47 Å². The van der Waals surface area contributed by atoms with Crippen molar-refractivity contribution in [2.45, 2.75) is 38.5 Å². The third kappa shape index (κ3) is 3.90. The summed E-state index contributed by atoms with van der Waals surface area (Å²) in [4.78, 5) is 50.4. The highest BCUT2D eigenvalue weighted by Crippen LogP contribution is 2.45. The summed E-state index contributed by atoms with van der Waals surface area (Å²) in [6.45, 7) is 0.429. The number of anilines is 1. The number of nitrogens with zero attached hydrogens (tertiary/aromatic N) is 1. The lowest BCUT2D eigenvalue weighted by Gasteiger charge is -2.30. The monoisotopic (exact) mass is 401 g/mol. The highest BCUT2D eigenvalue weighted by molar-refractivity contribution is 6.10. The quantitative estimate of drug-likeness (QED) is 0.747. The fourth-order valence-electron chi connectivity index (χ4n) is 4.23. The van der Waals surface area contributed by atoms with Gasteiger partial charge in [0.05, 0.1) is 5.41 Å². The van der Waals surface area contributed by atoms with Crippen molar-refractivity contribution in [3.63, 3.8) is 0 Å². The number of likely N-dealkylation sites (tertiary alicyclic amines) is 1. The van der Waals surface area contributed by atoms with Crippen LogP contribution in [0.15, 0.2) is 18.2 Å². The summed E-state index contributed by atoms with van der Waals surface area (Å²) >= 11 is 0. The average Bonchev–Trinajstić information content (AvgIpc) is 2.92. The molecule has 1 aliphatic carbocycles. The molecule has 1 saturated heterocycles. The van der Waals surface area contributed by atoms with E-state index in [-0.39, 0.29) is 18.2 Å². The maximum absolute atomic E-state index is 12.7. The molecule has 1 spiro atoms. The van der Waals surface area contributed by atoms with E-state index in [0.717, 1.165) is 24.2 Å². The topological polar surface area (TPSA) is 114 Å². The molecule has 0 unspecified atom stereocenters. The van der Waals surface area contributed by atoms with Crippen molar-refractivity contribution in [1.82, 2.24) is 10.2 Å². The van der Waals surface area contributed by atoms with Crippen LogP contribution in [-0.4, -0.2) is 48.4 Å². The molecule has 1 aromatic carbocycles. The smallest absolute Gasteiger partial charge is 0.325 e. The molecule has 154 valence electrons. The highest BCUT2D eigenvalue weighted by Gasteiger charge is 2.51. The number of nitrogens with one attached hydrogen (secondary N) is 2. The van der Waals surface area contributed by atoms with Crippen LogP contribution >= 0.6 is 0 Å². The summed E-state index contributed by atoms with van der Waals surface area (Å²) in [5.74, 6) is -0.258. The van der Waals surface area contributed by atoms with Crippen LogP contribution in [0.3, 0.4) is 0 Å². The zero-order valence-corrected chi connectivity index (χ0v) is 16.0. The normalized spacial score (nSPS) is 19.9. The molecule has 0 radical (unpaired) electrons. The number of carbonyl (C=O) groups excluding carboxylic acids is 4. The van der Waals surface area contributed by atoms with Crippen LogP contribution in [0.5, 0.6) is 11.5 Å². The Labute approximate surface area is 167 Å². The molecule has 4 rings (SSSR count). The first-order valence-electron chi connectivity index (χ1n) is 9.82. The van der Waals surface area contributed by atoms with Gasteiger partial charge in [0.25, 0.3) is 0 Å². The second-order valence-corrected chi connectivity index (χ2v) is 7.66. The van der Waals surface area contributed by atoms with Crippen LogP contribution in [0, 0.1) is 5.41 Å². The molecule has 5 amide bonds. The summed E-state index contributed by atoms with van der Waals surface area (Å²) in [5.41, 5.74) is -0.225. The SMILES string of the molecule is O=C(CN1C(=O)CC2(CCCCC2)C1=O)NC(=O)Nc1ccc2c(c1)OCCO2. The van der Waals surface area contributed by atoms with E-state index in [9.17, 15) is 19.2 Å². The molecule has 2 N–H and O–H groups in total. The predicted octanol–water partition coefficient (Wildman–Crippen LogP) is 1.82. The molecule has 2 fully saturated rings. The Morgan fingerprint density at radius 2 is 1.76 bits per heavy atom. The van der Waals surface area contributed by atoms with Gasteiger partial charge in [-0.25, -0.2) is 4.79 Å². The molecule has 3 aliphatic rings. The molecule has 9 nitrogen and oxygen atoms in total. The number of benzene rings is 1.